The summed E-state index contributed by atoms with van der Waals surface area (Å²) in [7, 11) is 1.37. The Bertz CT molecular complexity index is 933. The van der Waals surface area contributed by atoms with E-state index in [-0.39, 0.29) is 29.7 Å². The third-order valence-electron chi connectivity index (χ3n) is 5.36. The summed E-state index contributed by atoms with van der Waals surface area (Å²) < 4.78 is 18.5. The Kier molecular flexibility index (Phi) is 7.22. The summed E-state index contributed by atoms with van der Waals surface area (Å²) in [5.74, 6) is -0.920. The first-order valence-corrected chi connectivity index (χ1v) is 10.4. The standard InChI is InChI=1S/C23H29FN4O3/c1-14(2)23(30)28-15(3)11-25-13-20(28)21(29)26-12-16-5-7-17(8-6-16)19-10-9-18(24)22(27-19)31-4/h5-10,14-15,20,25H,11-13H2,1-4H3,(H,26,29). The van der Waals surface area contributed by atoms with Gasteiger partial charge in [0.05, 0.1) is 12.8 Å². The van der Waals surface area contributed by atoms with Gasteiger partial charge in [-0.05, 0) is 24.6 Å². The number of carbonyl (C=O) groups excluding carboxylic acids is 2. The van der Waals surface area contributed by atoms with Crippen molar-refractivity contribution in [2.45, 2.75) is 39.4 Å². The Morgan fingerprint density at radius 3 is 2.58 bits per heavy atom. The van der Waals surface area contributed by atoms with Gasteiger partial charge in [0.25, 0.3) is 5.88 Å². The lowest BCUT2D eigenvalue weighted by atomic mass is 10.0. The molecule has 3 rings (SSSR count). The number of piperazine rings is 1. The molecule has 1 aliphatic heterocycles. The van der Waals surface area contributed by atoms with E-state index in [1.165, 1.54) is 13.2 Å². The van der Waals surface area contributed by atoms with Crippen LogP contribution in [0.25, 0.3) is 11.3 Å². The number of pyridine rings is 1. The van der Waals surface area contributed by atoms with Crippen molar-refractivity contribution >= 4 is 11.8 Å². The second-order valence-corrected chi connectivity index (χ2v) is 8.03. The van der Waals surface area contributed by atoms with Crippen molar-refractivity contribution in [3.8, 4) is 17.1 Å². The molecule has 0 saturated carbocycles. The van der Waals surface area contributed by atoms with E-state index in [9.17, 15) is 14.0 Å². The van der Waals surface area contributed by atoms with Gasteiger partial charge in [0, 0.05) is 37.2 Å². The van der Waals surface area contributed by atoms with E-state index in [1.54, 1.807) is 11.0 Å². The molecule has 2 heterocycles. The number of amides is 2. The average molecular weight is 429 g/mol. The first kappa shape index (κ1) is 22.7. The fourth-order valence-corrected chi connectivity index (χ4v) is 3.65. The van der Waals surface area contributed by atoms with Gasteiger partial charge < -0.3 is 20.3 Å². The predicted octanol–water partition coefficient (Wildman–Crippen LogP) is 2.36. The molecule has 31 heavy (non-hydrogen) atoms. The molecule has 8 heteroatoms. The van der Waals surface area contributed by atoms with Crippen LogP contribution in [0.1, 0.15) is 26.3 Å². The van der Waals surface area contributed by atoms with Crippen LogP contribution in [0, 0.1) is 11.7 Å². The van der Waals surface area contributed by atoms with Crippen molar-refractivity contribution in [2.75, 3.05) is 20.2 Å². The number of halogens is 1. The molecule has 0 radical (unpaired) electrons. The molecule has 2 amide bonds. The Morgan fingerprint density at radius 2 is 1.94 bits per heavy atom. The Morgan fingerprint density at radius 1 is 1.23 bits per heavy atom. The molecule has 2 N–H and O–H groups in total. The van der Waals surface area contributed by atoms with Gasteiger partial charge in [0.15, 0.2) is 5.82 Å². The molecule has 1 saturated heterocycles. The second kappa shape index (κ2) is 9.87. The van der Waals surface area contributed by atoms with Crippen molar-refractivity contribution in [1.82, 2.24) is 20.5 Å². The number of nitrogens with zero attached hydrogens (tertiary/aromatic N) is 2. The van der Waals surface area contributed by atoms with Gasteiger partial charge >= 0.3 is 0 Å². The van der Waals surface area contributed by atoms with Gasteiger partial charge in [-0.1, -0.05) is 38.1 Å². The van der Waals surface area contributed by atoms with Gasteiger partial charge in [0.2, 0.25) is 11.8 Å². The molecule has 2 aromatic rings. The zero-order chi connectivity index (χ0) is 22.5. The van der Waals surface area contributed by atoms with E-state index < -0.39 is 11.9 Å². The lowest BCUT2D eigenvalue weighted by Gasteiger charge is -2.41. The lowest BCUT2D eigenvalue weighted by Crippen LogP contribution is -2.63. The highest BCUT2D eigenvalue weighted by molar-refractivity contribution is 5.89. The van der Waals surface area contributed by atoms with Crippen LogP contribution in [0.4, 0.5) is 4.39 Å². The number of hydrogen-bond donors (Lipinski definition) is 2. The van der Waals surface area contributed by atoms with E-state index in [2.05, 4.69) is 15.6 Å². The van der Waals surface area contributed by atoms with Crippen LogP contribution in [0.2, 0.25) is 0 Å². The second-order valence-electron chi connectivity index (χ2n) is 8.03. The number of benzene rings is 1. The van der Waals surface area contributed by atoms with Gasteiger partial charge in [0.1, 0.15) is 6.04 Å². The summed E-state index contributed by atoms with van der Waals surface area (Å²) >= 11 is 0. The number of ether oxygens (including phenoxy) is 1. The highest BCUT2D eigenvalue weighted by Crippen LogP contribution is 2.22. The van der Waals surface area contributed by atoms with Crippen molar-refractivity contribution in [1.29, 1.82) is 0 Å². The fraction of sp³-hybridized carbons (Fsp3) is 0.435. The maximum atomic E-state index is 13.6. The minimum atomic E-state index is -0.534. The number of rotatable bonds is 6. The molecule has 166 valence electrons. The van der Waals surface area contributed by atoms with Crippen molar-refractivity contribution in [2.24, 2.45) is 5.92 Å². The SMILES string of the molecule is COc1nc(-c2ccc(CNC(=O)C3CNCC(C)N3C(=O)C(C)C)cc2)ccc1F. The summed E-state index contributed by atoms with van der Waals surface area (Å²) in [5, 5.41) is 6.17. The Balaban J connectivity index is 1.65. The van der Waals surface area contributed by atoms with Gasteiger partial charge in [-0.25, -0.2) is 9.37 Å². The van der Waals surface area contributed by atoms with Crippen LogP contribution in [0.5, 0.6) is 5.88 Å². The van der Waals surface area contributed by atoms with E-state index >= 15 is 0 Å². The Hall–Kier alpha value is -3.00. The summed E-state index contributed by atoms with van der Waals surface area (Å²) in [6, 6.07) is 9.82. The van der Waals surface area contributed by atoms with Crippen LogP contribution < -0.4 is 15.4 Å². The van der Waals surface area contributed by atoms with Crippen LogP contribution in [-0.4, -0.2) is 54.0 Å². The third kappa shape index (κ3) is 5.19. The highest BCUT2D eigenvalue weighted by atomic mass is 19.1. The molecular weight excluding hydrogens is 399 g/mol. The molecule has 1 aliphatic rings. The molecule has 0 aliphatic carbocycles. The smallest absolute Gasteiger partial charge is 0.250 e. The monoisotopic (exact) mass is 428 g/mol. The molecule has 2 unspecified atom stereocenters. The summed E-state index contributed by atoms with van der Waals surface area (Å²) in [5.41, 5.74) is 2.32. The molecule has 7 nitrogen and oxygen atoms in total. The van der Waals surface area contributed by atoms with Crippen LogP contribution in [0.3, 0.4) is 0 Å². The minimum absolute atomic E-state index is 0.0132. The summed E-state index contributed by atoms with van der Waals surface area (Å²) in [4.78, 5) is 31.3. The fourth-order valence-electron chi connectivity index (χ4n) is 3.65. The van der Waals surface area contributed by atoms with E-state index in [0.717, 1.165) is 11.1 Å². The maximum Gasteiger partial charge on any atom is 0.250 e. The van der Waals surface area contributed by atoms with Crippen LogP contribution in [-0.2, 0) is 16.1 Å². The van der Waals surface area contributed by atoms with E-state index in [1.807, 2.05) is 45.0 Å². The maximum absolute atomic E-state index is 13.6. The van der Waals surface area contributed by atoms with Gasteiger partial charge in [-0.2, -0.15) is 0 Å². The molecule has 0 bridgehead atoms. The summed E-state index contributed by atoms with van der Waals surface area (Å²) in [6.45, 7) is 7.09. The molecule has 1 aromatic heterocycles. The molecule has 1 aromatic carbocycles. The number of carbonyl (C=O) groups is 2. The number of hydrogen-bond acceptors (Lipinski definition) is 5. The topological polar surface area (TPSA) is 83.6 Å². The average Bonchev–Trinajstić information content (AvgIpc) is 2.77. The van der Waals surface area contributed by atoms with Crippen molar-refractivity contribution in [3.63, 3.8) is 0 Å². The third-order valence-corrected chi connectivity index (χ3v) is 5.36. The van der Waals surface area contributed by atoms with E-state index in [4.69, 9.17) is 4.74 Å². The normalized spacial score (nSPS) is 18.7. The first-order chi connectivity index (χ1) is 14.8. The molecule has 2 atom stereocenters. The van der Waals surface area contributed by atoms with Crippen LogP contribution in [0.15, 0.2) is 36.4 Å². The van der Waals surface area contributed by atoms with Gasteiger partial charge in [-0.15, -0.1) is 0 Å². The zero-order valence-electron chi connectivity index (χ0n) is 18.3. The summed E-state index contributed by atoms with van der Waals surface area (Å²) in [6.07, 6.45) is 0. The number of methoxy groups -OCH3 is 1. The van der Waals surface area contributed by atoms with Crippen molar-refractivity contribution < 1.29 is 18.7 Å². The lowest BCUT2D eigenvalue weighted by molar-refractivity contribution is -0.146. The predicted molar refractivity (Wildman–Crippen MR) is 116 cm³/mol. The van der Waals surface area contributed by atoms with Gasteiger partial charge in [-0.3, -0.25) is 9.59 Å². The van der Waals surface area contributed by atoms with Crippen LogP contribution >= 0.6 is 0 Å². The molecule has 0 spiro atoms. The zero-order valence-corrected chi connectivity index (χ0v) is 18.3. The number of nitrogens with one attached hydrogen (secondary N) is 2. The van der Waals surface area contributed by atoms with Crippen molar-refractivity contribution in [3.05, 3.63) is 47.8 Å². The first-order valence-electron chi connectivity index (χ1n) is 10.4. The Labute approximate surface area is 182 Å². The number of aromatic nitrogens is 1. The largest absolute Gasteiger partial charge is 0.479 e. The highest BCUT2D eigenvalue weighted by Gasteiger charge is 2.36. The molecular formula is C23H29FN4O3. The van der Waals surface area contributed by atoms with E-state index in [0.29, 0.717) is 25.3 Å². The molecule has 1 fully saturated rings. The minimum Gasteiger partial charge on any atom is -0.479 e. The quantitative estimate of drug-likeness (QED) is 0.738.